The number of fused-ring (bicyclic) bond motifs is 2. The van der Waals surface area contributed by atoms with Crippen LogP contribution in [0.25, 0.3) is 11.2 Å². The number of anilines is 1. The Morgan fingerprint density at radius 2 is 1.67 bits per heavy atom. The Balaban J connectivity index is 1.51. The van der Waals surface area contributed by atoms with Crippen LogP contribution in [0.4, 0.5) is 5.82 Å². The van der Waals surface area contributed by atoms with Crippen molar-refractivity contribution in [2.45, 2.75) is 109 Å². The monoisotopic (exact) mass is 716 g/mol. The molecule has 0 aliphatic carbocycles. The minimum atomic E-state index is -3.01. The Morgan fingerprint density at radius 1 is 0.980 bits per heavy atom. The predicted molar refractivity (Wildman–Crippen MR) is 190 cm³/mol. The van der Waals surface area contributed by atoms with Gasteiger partial charge in [-0.3, -0.25) is 9.36 Å². The molecule has 0 unspecified atom stereocenters. The number of ether oxygens (including phenoxy) is 4. The molecule has 2 aliphatic heterocycles. The largest absolute Gasteiger partial charge is 0.414 e. The van der Waals surface area contributed by atoms with Crippen molar-refractivity contribution in [3.8, 4) is 0 Å². The molecule has 5 rings (SSSR count). The summed E-state index contributed by atoms with van der Waals surface area (Å²) in [6.45, 7) is 18.9. The van der Waals surface area contributed by atoms with Crippen LogP contribution in [0.1, 0.15) is 80.2 Å². The number of amides is 1. The molecular weight excluding hydrogens is 663 g/mol. The molecule has 2 aliphatic rings. The fourth-order valence-corrected chi connectivity index (χ4v) is 18.0. The normalized spacial score (nSPS) is 24.0. The van der Waals surface area contributed by atoms with E-state index in [2.05, 4.69) is 75.7 Å². The molecule has 0 bridgehead atoms. The molecule has 4 heterocycles. The average molecular weight is 717 g/mol. The summed E-state index contributed by atoms with van der Waals surface area (Å²) in [6.07, 6.45) is 0.590. The van der Waals surface area contributed by atoms with Crippen LogP contribution in [0.5, 0.6) is 0 Å². The highest BCUT2D eigenvalue weighted by atomic mass is 28.5. The Hall–Kier alpha value is -2.61. The van der Waals surface area contributed by atoms with Crippen LogP contribution < -0.4 is 5.32 Å². The number of nitrogens with one attached hydrogen (secondary N) is 1. The number of aromatic nitrogens is 4. The number of rotatable bonds is 14. The lowest BCUT2D eigenvalue weighted by atomic mass is 10.1. The van der Waals surface area contributed by atoms with Gasteiger partial charge in [0.05, 0.1) is 26.1 Å². The van der Waals surface area contributed by atoms with E-state index in [4.69, 9.17) is 33.3 Å². The van der Waals surface area contributed by atoms with Crippen LogP contribution in [0, 0.1) is 0 Å². The molecule has 49 heavy (non-hydrogen) atoms. The third kappa shape index (κ3) is 7.70. The SMILES string of the molecule is [2H]CCOCCOCO[C@@H]1[C@@H]2O[Si](C(C)C)(C(C)C)O[Si](C(C)C)(C(C)C)OC[C@H]2O[C@H]1n1cnc2c(NC(=O)c3ccccc3)ncnc21. The van der Waals surface area contributed by atoms with Gasteiger partial charge in [-0.25, -0.2) is 15.0 Å². The van der Waals surface area contributed by atoms with E-state index in [0.29, 0.717) is 36.5 Å². The minimum Gasteiger partial charge on any atom is -0.414 e. The van der Waals surface area contributed by atoms with Gasteiger partial charge in [-0.1, -0.05) is 73.6 Å². The Morgan fingerprint density at radius 3 is 2.35 bits per heavy atom. The number of imidazole rings is 1. The van der Waals surface area contributed by atoms with E-state index in [0.717, 1.165) is 0 Å². The topological polar surface area (TPSA) is 137 Å². The fourth-order valence-electron chi connectivity index (χ4n) is 6.83. The van der Waals surface area contributed by atoms with Gasteiger partial charge < -0.3 is 37.2 Å². The molecule has 2 fully saturated rings. The second kappa shape index (κ2) is 16.2. The highest BCUT2D eigenvalue weighted by Crippen LogP contribution is 2.49. The van der Waals surface area contributed by atoms with Crippen molar-refractivity contribution in [1.82, 2.24) is 19.5 Å². The first-order valence-electron chi connectivity index (χ1n) is 17.9. The zero-order valence-corrected chi connectivity index (χ0v) is 32.0. The molecule has 1 aromatic carbocycles. The summed E-state index contributed by atoms with van der Waals surface area (Å²) < 4.78 is 55.4. The number of hydrogen-bond donors (Lipinski definition) is 1. The maximum atomic E-state index is 13.0. The van der Waals surface area contributed by atoms with Gasteiger partial charge in [0.1, 0.15) is 31.4 Å². The van der Waals surface area contributed by atoms with E-state index >= 15 is 0 Å². The van der Waals surface area contributed by atoms with Gasteiger partial charge in [-0.2, -0.15) is 0 Å². The summed E-state index contributed by atoms with van der Waals surface area (Å²) in [7, 11) is -5.81. The first-order valence-corrected chi connectivity index (χ1v) is 21.2. The summed E-state index contributed by atoms with van der Waals surface area (Å²) >= 11 is 0. The zero-order chi connectivity index (χ0) is 36.1. The standard InChI is InChI=1S/C34H53N5O8Si2/c1-10-41-16-17-42-21-43-30-29-27(18-44-48(22(2)3,23(4)5)47-49(46-29,24(6)7)25(8)9)45-34(30)39-20-37-28-31(35-19-36-32(28)39)38-33(40)26-14-12-11-13-15-26/h11-15,19-20,22-25,27,29-30,34H,10,16-18,21H2,1-9H3,(H,35,36,38,40)/t27-,29-,30-,34-/m1/s1/i1D. The van der Waals surface area contributed by atoms with Gasteiger partial charge in [0.25, 0.3) is 5.91 Å². The van der Waals surface area contributed by atoms with Crippen LogP contribution in [-0.2, 0) is 31.9 Å². The summed E-state index contributed by atoms with van der Waals surface area (Å²) in [4.78, 5) is 26.6. The minimum absolute atomic E-state index is 0.0440. The van der Waals surface area contributed by atoms with E-state index in [1.54, 1.807) is 35.2 Å². The summed E-state index contributed by atoms with van der Waals surface area (Å²) in [5.41, 5.74) is 1.95. The van der Waals surface area contributed by atoms with Crippen molar-refractivity contribution in [1.29, 1.82) is 0 Å². The molecule has 0 spiro atoms. The lowest BCUT2D eigenvalue weighted by Gasteiger charge is -2.51. The van der Waals surface area contributed by atoms with Crippen molar-refractivity contribution in [2.75, 3.05) is 38.5 Å². The lowest BCUT2D eigenvalue weighted by molar-refractivity contribution is -0.142. The van der Waals surface area contributed by atoms with Crippen molar-refractivity contribution in [3.05, 3.63) is 48.5 Å². The molecule has 2 saturated heterocycles. The van der Waals surface area contributed by atoms with Crippen LogP contribution in [0.15, 0.2) is 43.0 Å². The highest BCUT2D eigenvalue weighted by Gasteiger charge is 2.62. The van der Waals surface area contributed by atoms with Gasteiger partial charge in [0.2, 0.25) is 0 Å². The molecular formula is C34H53N5O8Si2. The molecule has 270 valence electrons. The summed E-state index contributed by atoms with van der Waals surface area (Å²) in [5, 5.41) is 2.88. The highest BCUT2D eigenvalue weighted by molar-refractivity contribution is 6.84. The van der Waals surface area contributed by atoms with Crippen molar-refractivity contribution in [2.24, 2.45) is 0 Å². The second-order valence-electron chi connectivity index (χ2n) is 13.8. The van der Waals surface area contributed by atoms with Crippen LogP contribution in [0.2, 0.25) is 22.2 Å². The third-order valence-electron chi connectivity index (χ3n) is 9.38. The zero-order valence-electron chi connectivity index (χ0n) is 31.0. The van der Waals surface area contributed by atoms with Gasteiger partial charge in [-0.15, -0.1) is 0 Å². The van der Waals surface area contributed by atoms with Gasteiger partial charge in [0.15, 0.2) is 23.2 Å². The first-order chi connectivity index (χ1) is 23.9. The third-order valence-corrected chi connectivity index (χ3v) is 19.6. The first kappa shape index (κ1) is 36.2. The smallest absolute Gasteiger partial charge is 0.335 e. The van der Waals surface area contributed by atoms with Gasteiger partial charge in [0, 0.05) is 13.5 Å². The number of benzene rings is 1. The van der Waals surface area contributed by atoms with Crippen molar-refractivity contribution in [3.63, 3.8) is 0 Å². The molecule has 15 heteroatoms. The molecule has 13 nitrogen and oxygen atoms in total. The van der Waals surface area contributed by atoms with E-state index in [1.165, 1.54) is 6.33 Å². The number of hydrogen-bond acceptors (Lipinski definition) is 11. The number of carbonyl (C=O) groups excluding carboxylic acids is 1. The molecule has 0 radical (unpaired) electrons. The maximum Gasteiger partial charge on any atom is 0.335 e. The second-order valence-corrected chi connectivity index (χ2v) is 22.6. The molecule has 0 saturated carbocycles. The van der Waals surface area contributed by atoms with Crippen molar-refractivity contribution < 1.29 is 38.1 Å². The summed E-state index contributed by atoms with van der Waals surface area (Å²) in [6, 6.07) is 8.92. The molecule has 1 N–H and O–H groups in total. The molecule has 1 amide bonds. The van der Waals surface area contributed by atoms with E-state index in [1.807, 2.05) is 6.07 Å². The Bertz CT molecular complexity index is 1530. The summed E-state index contributed by atoms with van der Waals surface area (Å²) in [5.74, 6) is -0.0261. The van der Waals surface area contributed by atoms with Crippen LogP contribution in [-0.4, -0.2) is 94.1 Å². The average Bonchev–Trinajstić information content (AvgIpc) is 3.65. The molecule has 4 atom stereocenters. The van der Waals surface area contributed by atoms with E-state index in [-0.39, 0.29) is 54.2 Å². The van der Waals surface area contributed by atoms with E-state index < -0.39 is 41.7 Å². The number of nitrogens with zero attached hydrogens (tertiary/aromatic N) is 4. The molecule has 2 aromatic heterocycles. The molecule has 3 aromatic rings. The predicted octanol–water partition coefficient (Wildman–Crippen LogP) is 6.33. The van der Waals surface area contributed by atoms with Gasteiger partial charge in [-0.05, 0) is 41.2 Å². The Kier molecular flexibility index (Phi) is 11.9. The quantitative estimate of drug-likeness (QED) is 0.114. The lowest BCUT2D eigenvalue weighted by Crippen LogP contribution is -2.66. The van der Waals surface area contributed by atoms with Gasteiger partial charge >= 0.3 is 17.1 Å². The van der Waals surface area contributed by atoms with Crippen LogP contribution in [0.3, 0.4) is 0 Å². The Labute approximate surface area is 293 Å². The number of carbonyl (C=O) groups is 1. The van der Waals surface area contributed by atoms with Crippen molar-refractivity contribution >= 4 is 40.0 Å². The maximum absolute atomic E-state index is 13.0. The van der Waals surface area contributed by atoms with E-state index in [9.17, 15) is 4.79 Å². The van der Waals surface area contributed by atoms with Crippen LogP contribution >= 0.6 is 0 Å². The fraction of sp³-hybridized carbons (Fsp3) is 0.647.